The van der Waals surface area contributed by atoms with Gasteiger partial charge in [0, 0.05) is 37.2 Å². The first-order valence-corrected chi connectivity index (χ1v) is 8.66. The van der Waals surface area contributed by atoms with E-state index in [1.165, 1.54) is 12.3 Å². The Hall–Kier alpha value is -2.18. The number of carbonyl (C=O) groups excluding carboxylic acids is 1. The number of rotatable bonds is 5. The van der Waals surface area contributed by atoms with Crippen LogP contribution in [0.25, 0.3) is 0 Å². The van der Waals surface area contributed by atoms with Crippen LogP contribution >= 0.6 is 0 Å². The summed E-state index contributed by atoms with van der Waals surface area (Å²) in [5.74, 6) is 0.0153. The van der Waals surface area contributed by atoms with Crippen LogP contribution in [0.3, 0.4) is 0 Å². The second kappa shape index (κ2) is 6.98. The predicted octanol–water partition coefficient (Wildman–Crippen LogP) is 2.58. The zero-order valence-electron chi connectivity index (χ0n) is 13.9. The molecule has 1 atom stereocenters. The third-order valence-electron chi connectivity index (χ3n) is 4.66. The molecule has 0 unspecified atom stereocenters. The highest BCUT2D eigenvalue weighted by Crippen LogP contribution is 2.38. The first-order chi connectivity index (χ1) is 12.2. The van der Waals surface area contributed by atoms with Gasteiger partial charge in [-0.25, -0.2) is 9.37 Å². The number of morpholine rings is 1. The van der Waals surface area contributed by atoms with E-state index in [1.807, 2.05) is 0 Å². The molecule has 1 saturated carbocycles. The van der Waals surface area contributed by atoms with Crippen LogP contribution in [0.4, 0.5) is 4.39 Å². The summed E-state index contributed by atoms with van der Waals surface area (Å²) in [6.07, 6.45) is 5.34. The van der Waals surface area contributed by atoms with Gasteiger partial charge in [0.05, 0.1) is 24.6 Å². The molecule has 1 aromatic heterocycles. The van der Waals surface area contributed by atoms with Crippen molar-refractivity contribution in [3.05, 3.63) is 58.9 Å². The molecular formula is C19H20FN3O2. The number of hydrogen-bond donors (Lipinski definition) is 1. The second-order valence-electron chi connectivity index (χ2n) is 6.62. The molecule has 1 saturated heterocycles. The number of ketones is 1. The lowest BCUT2D eigenvalue weighted by Gasteiger charge is -2.24. The highest BCUT2D eigenvalue weighted by Gasteiger charge is 2.25. The first kappa shape index (κ1) is 16.3. The van der Waals surface area contributed by atoms with E-state index in [0.29, 0.717) is 35.9 Å². The lowest BCUT2D eigenvalue weighted by atomic mass is 10.0. The van der Waals surface area contributed by atoms with Gasteiger partial charge in [-0.3, -0.25) is 9.78 Å². The molecule has 1 N–H and O–H groups in total. The fraction of sp³-hybridized carbons (Fsp3) is 0.421. The molecule has 130 valence electrons. The smallest absolute Gasteiger partial charge is 0.187 e. The highest BCUT2D eigenvalue weighted by atomic mass is 19.1. The number of hydrogen-bond acceptors (Lipinski definition) is 5. The predicted molar refractivity (Wildman–Crippen MR) is 90.0 cm³/mol. The maximum absolute atomic E-state index is 14.4. The summed E-state index contributed by atoms with van der Waals surface area (Å²) in [7, 11) is 0. The van der Waals surface area contributed by atoms with Crippen LogP contribution in [-0.4, -0.2) is 35.4 Å². The molecule has 2 heterocycles. The van der Waals surface area contributed by atoms with Gasteiger partial charge in [0.2, 0.25) is 0 Å². The summed E-state index contributed by atoms with van der Waals surface area (Å²) >= 11 is 0. The molecule has 6 heteroatoms. The maximum atomic E-state index is 14.4. The molecule has 0 bridgehead atoms. The van der Waals surface area contributed by atoms with Crippen molar-refractivity contribution in [2.24, 2.45) is 0 Å². The number of nitrogens with zero attached hydrogens (tertiary/aromatic N) is 2. The monoisotopic (exact) mass is 341 g/mol. The van der Waals surface area contributed by atoms with Gasteiger partial charge in [-0.05, 0) is 24.5 Å². The lowest BCUT2D eigenvalue weighted by molar-refractivity contribution is 0.0255. The molecular weight excluding hydrogens is 321 g/mol. The van der Waals surface area contributed by atoms with Gasteiger partial charge in [0.25, 0.3) is 0 Å². The van der Waals surface area contributed by atoms with Gasteiger partial charge in [0.1, 0.15) is 11.5 Å². The first-order valence-electron chi connectivity index (χ1n) is 8.66. The number of ether oxygens (including phenoxy) is 1. The molecule has 1 aliphatic heterocycles. The van der Waals surface area contributed by atoms with Crippen molar-refractivity contribution in [3.8, 4) is 0 Å². The molecule has 25 heavy (non-hydrogen) atoms. The van der Waals surface area contributed by atoms with E-state index in [4.69, 9.17) is 4.74 Å². The van der Waals surface area contributed by atoms with Gasteiger partial charge in [-0.1, -0.05) is 12.1 Å². The van der Waals surface area contributed by atoms with E-state index in [1.54, 1.807) is 18.3 Å². The minimum absolute atomic E-state index is 0.110. The SMILES string of the molecule is O=C(Cc1ccc([C@H]2CNCCO2)c(F)c1)c1cnc(C2CC2)cn1. The average Bonchev–Trinajstić information content (AvgIpc) is 3.48. The van der Waals surface area contributed by atoms with Gasteiger partial charge in [0.15, 0.2) is 5.78 Å². The molecule has 4 rings (SSSR count). The minimum atomic E-state index is -0.339. The Morgan fingerprint density at radius 1 is 1.28 bits per heavy atom. The Morgan fingerprint density at radius 2 is 2.16 bits per heavy atom. The van der Waals surface area contributed by atoms with Gasteiger partial charge in [-0.2, -0.15) is 0 Å². The molecule has 2 aromatic rings. The van der Waals surface area contributed by atoms with Gasteiger partial charge >= 0.3 is 0 Å². The Labute approximate surface area is 145 Å². The third kappa shape index (κ3) is 3.75. The highest BCUT2D eigenvalue weighted by molar-refractivity contribution is 5.95. The molecule has 1 aliphatic carbocycles. The molecule has 0 radical (unpaired) electrons. The van der Waals surface area contributed by atoms with E-state index < -0.39 is 0 Å². The maximum Gasteiger partial charge on any atom is 0.187 e. The van der Waals surface area contributed by atoms with E-state index in [0.717, 1.165) is 25.1 Å². The number of Topliss-reactive ketones (excluding diaryl/α,β-unsaturated/α-hetero) is 1. The Morgan fingerprint density at radius 3 is 2.80 bits per heavy atom. The number of aromatic nitrogens is 2. The summed E-state index contributed by atoms with van der Waals surface area (Å²) < 4.78 is 20.0. The van der Waals surface area contributed by atoms with E-state index in [9.17, 15) is 9.18 Å². The van der Waals surface area contributed by atoms with Crippen LogP contribution in [0.15, 0.2) is 30.6 Å². The van der Waals surface area contributed by atoms with Crippen LogP contribution < -0.4 is 5.32 Å². The zero-order chi connectivity index (χ0) is 17.2. The molecule has 0 spiro atoms. The van der Waals surface area contributed by atoms with Crippen molar-refractivity contribution in [3.63, 3.8) is 0 Å². The minimum Gasteiger partial charge on any atom is -0.371 e. The van der Waals surface area contributed by atoms with Crippen molar-refractivity contribution in [2.75, 3.05) is 19.7 Å². The Kier molecular flexibility index (Phi) is 4.55. The largest absolute Gasteiger partial charge is 0.371 e. The molecule has 2 fully saturated rings. The molecule has 1 aromatic carbocycles. The lowest BCUT2D eigenvalue weighted by Crippen LogP contribution is -2.33. The quantitative estimate of drug-likeness (QED) is 0.847. The summed E-state index contributed by atoms with van der Waals surface area (Å²) in [4.78, 5) is 20.9. The van der Waals surface area contributed by atoms with Crippen LogP contribution in [0.2, 0.25) is 0 Å². The van der Waals surface area contributed by atoms with Crippen molar-refractivity contribution in [1.29, 1.82) is 0 Å². The fourth-order valence-corrected chi connectivity index (χ4v) is 3.05. The number of nitrogens with one attached hydrogen (secondary N) is 1. The standard InChI is InChI=1S/C19H20FN3O2/c20-15-7-12(1-4-14(15)19-11-21-5-6-25-19)8-18(24)17-10-22-16(9-23-17)13-2-3-13/h1,4,7,9-10,13,19,21H,2-3,5-6,8,11H2/t19-/m1/s1. The molecule has 0 amide bonds. The summed E-state index contributed by atoms with van der Waals surface area (Å²) in [5.41, 5.74) is 2.43. The number of halogens is 1. The van der Waals surface area contributed by atoms with Gasteiger partial charge < -0.3 is 10.1 Å². The topological polar surface area (TPSA) is 64.1 Å². The average molecular weight is 341 g/mol. The molecule has 2 aliphatic rings. The Balaban J connectivity index is 1.44. The molecule has 5 nitrogen and oxygen atoms in total. The van der Waals surface area contributed by atoms with E-state index in [-0.39, 0.29) is 24.1 Å². The van der Waals surface area contributed by atoms with Crippen molar-refractivity contribution < 1.29 is 13.9 Å². The second-order valence-corrected chi connectivity index (χ2v) is 6.62. The van der Waals surface area contributed by atoms with Gasteiger partial charge in [-0.15, -0.1) is 0 Å². The normalized spacial score (nSPS) is 20.4. The van der Waals surface area contributed by atoms with E-state index >= 15 is 0 Å². The van der Waals surface area contributed by atoms with Crippen molar-refractivity contribution >= 4 is 5.78 Å². The third-order valence-corrected chi connectivity index (χ3v) is 4.66. The summed E-state index contributed by atoms with van der Waals surface area (Å²) in [5, 5.41) is 3.18. The van der Waals surface area contributed by atoms with Crippen LogP contribution in [0, 0.1) is 5.82 Å². The van der Waals surface area contributed by atoms with Crippen LogP contribution in [0.1, 0.15) is 52.2 Å². The fourth-order valence-electron chi connectivity index (χ4n) is 3.05. The number of benzene rings is 1. The van der Waals surface area contributed by atoms with E-state index in [2.05, 4.69) is 15.3 Å². The summed E-state index contributed by atoms with van der Waals surface area (Å²) in [6.45, 7) is 1.95. The van der Waals surface area contributed by atoms with Crippen molar-refractivity contribution in [2.45, 2.75) is 31.3 Å². The van der Waals surface area contributed by atoms with Crippen LogP contribution in [-0.2, 0) is 11.2 Å². The van der Waals surface area contributed by atoms with Crippen LogP contribution in [0.5, 0.6) is 0 Å². The Bertz CT molecular complexity index is 769. The number of carbonyl (C=O) groups is 1. The zero-order valence-corrected chi connectivity index (χ0v) is 13.9. The summed E-state index contributed by atoms with van der Waals surface area (Å²) in [6, 6.07) is 4.90. The van der Waals surface area contributed by atoms with Crippen molar-refractivity contribution in [1.82, 2.24) is 15.3 Å².